The fraction of sp³-hybridized carbons (Fsp3) is 0.684. The Labute approximate surface area is 165 Å². The number of hydrogen-bond acceptors (Lipinski definition) is 6. The highest BCUT2D eigenvalue weighted by molar-refractivity contribution is 7.98. The van der Waals surface area contributed by atoms with Gasteiger partial charge in [-0.05, 0) is 36.5 Å². The van der Waals surface area contributed by atoms with Gasteiger partial charge < -0.3 is 19.8 Å². The molecule has 0 aliphatic carbocycles. The molecule has 0 unspecified atom stereocenters. The number of nitrogens with zero attached hydrogens (tertiary/aromatic N) is 1. The Morgan fingerprint density at radius 3 is 2.89 bits per heavy atom. The molecule has 1 aliphatic heterocycles. The second kappa shape index (κ2) is 11.4. The highest BCUT2D eigenvalue weighted by Gasteiger charge is 2.25. The lowest BCUT2D eigenvalue weighted by Gasteiger charge is -2.34. The predicted molar refractivity (Wildman–Crippen MR) is 107 cm³/mol. The molecule has 2 amide bonds. The zero-order chi connectivity index (χ0) is 19.6. The molecule has 0 spiro atoms. The molecule has 0 radical (unpaired) electrons. The van der Waals surface area contributed by atoms with Gasteiger partial charge in [0.15, 0.2) is 5.76 Å². The summed E-state index contributed by atoms with van der Waals surface area (Å²) in [5.41, 5.74) is 0. The van der Waals surface area contributed by atoms with Crippen molar-refractivity contribution in [3.05, 3.63) is 24.2 Å². The molecule has 8 heteroatoms. The van der Waals surface area contributed by atoms with E-state index >= 15 is 0 Å². The summed E-state index contributed by atoms with van der Waals surface area (Å²) in [5, 5.41) is 5.71. The van der Waals surface area contributed by atoms with Crippen molar-refractivity contribution in [2.45, 2.75) is 32.4 Å². The van der Waals surface area contributed by atoms with Crippen LogP contribution in [0.5, 0.6) is 0 Å². The van der Waals surface area contributed by atoms with E-state index in [1.54, 1.807) is 23.9 Å². The molecule has 152 valence electrons. The normalized spacial score (nSPS) is 19.0. The van der Waals surface area contributed by atoms with Gasteiger partial charge in [0.05, 0.1) is 19.0 Å². The summed E-state index contributed by atoms with van der Waals surface area (Å²) in [4.78, 5) is 27.2. The molecule has 1 saturated heterocycles. The molecule has 2 heterocycles. The molecule has 2 atom stereocenters. The first-order chi connectivity index (χ1) is 13.0. The Bertz CT molecular complexity index is 580. The first kappa shape index (κ1) is 21.8. The van der Waals surface area contributed by atoms with E-state index in [-0.39, 0.29) is 23.7 Å². The number of furan rings is 1. The van der Waals surface area contributed by atoms with Gasteiger partial charge in [0.25, 0.3) is 5.91 Å². The van der Waals surface area contributed by atoms with E-state index in [1.807, 2.05) is 6.26 Å². The average Bonchev–Trinajstić information content (AvgIpc) is 3.17. The van der Waals surface area contributed by atoms with E-state index in [0.29, 0.717) is 25.5 Å². The summed E-state index contributed by atoms with van der Waals surface area (Å²) in [5.74, 6) is 1.02. The maximum absolute atomic E-state index is 12.6. The standard InChI is InChI=1S/C19H31N3O4S/c1-14(2)12-22-7-9-25-15(13-22)11-20-18(23)16(6-10-27-3)21-19(24)17-5-4-8-26-17/h4-5,8,14-16H,6-7,9-13H2,1-3H3,(H,20,23)(H,21,24)/t15-,16-/m0/s1. The van der Waals surface area contributed by atoms with Crippen molar-refractivity contribution < 1.29 is 18.7 Å². The van der Waals surface area contributed by atoms with Gasteiger partial charge >= 0.3 is 0 Å². The van der Waals surface area contributed by atoms with Gasteiger partial charge in [-0.25, -0.2) is 0 Å². The van der Waals surface area contributed by atoms with Crippen LogP contribution in [0.4, 0.5) is 0 Å². The quantitative estimate of drug-likeness (QED) is 0.624. The van der Waals surface area contributed by atoms with Gasteiger partial charge in [0, 0.05) is 26.2 Å². The predicted octanol–water partition coefficient (Wildman–Crippen LogP) is 1.60. The van der Waals surface area contributed by atoms with Crippen LogP contribution in [0.2, 0.25) is 0 Å². The molecule has 2 rings (SSSR count). The SMILES string of the molecule is CSCC[C@H](NC(=O)c1ccco1)C(=O)NC[C@H]1CN(CC(C)C)CCO1. The lowest BCUT2D eigenvalue weighted by molar-refractivity contribution is -0.124. The van der Waals surface area contributed by atoms with Crippen LogP contribution in [-0.4, -0.2) is 73.7 Å². The Hall–Kier alpha value is -1.51. The Balaban J connectivity index is 1.84. The smallest absolute Gasteiger partial charge is 0.287 e. The molecule has 2 N–H and O–H groups in total. The molecule has 0 saturated carbocycles. The third-order valence-corrected chi connectivity index (χ3v) is 4.97. The van der Waals surface area contributed by atoms with Gasteiger partial charge in [-0.2, -0.15) is 11.8 Å². The first-order valence-corrected chi connectivity index (χ1v) is 10.8. The number of amides is 2. The zero-order valence-corrected chi connectivity index (χ0v) is 17.2. The summed E-state index contributed by atoms with van der Waals surface area (Å²) in [6, 6.07) is 2.64. The minimum Gasteiger partial charge on any atom is -0.459 e. The van der Waals surface area contributed by atoms with Crippen LogP contribution in [0.1, 0.15) is 30.8 Å². The van der Waals surface area contributed by atoms with Crippen molar-refractivity contribution in [1.82, 2.24) is 15.5 Å². The molecule has 1 fully saturated rings. The van der Waals surface area contributed by atoms with Crippen LogP contribution in [-0.2, 0) is 9.53 Å². The molecule has 0 aromatic carbocycles. The number of morpholine rings is 1. The van der Waals surface area contributed by atoms with E-state index in [9.17, 15) is 9.59 Å². The second-order valence-electron chi connectivity index (χ2n) is 7.18. The molecule has 1 aromatic rings. The molecule has 7 nitrogen and oxygen atoms in total. The summed E-state index contributed by atoms with van der Waals surface area (Å²) >= 11 is 1.64. The number of ether oxygens (including phenoxy) is 1. The highest BCUT2D eigenvalue weighted by Crippen LogP contribution is 2.08. The number of thioether (sulfide) groups is 1. The second-order valence-corrected chi connectivity index (χ2v) is 8.16. The van der Waals surface area contributed by atoms with E-state index in [1.165, 1.54) is 6.26 Å². The van der Waals surface area contributed by atoms with Crippen LogP contribution in [0.3, 0.4) is 0 Å². The molecule has 0 bridgehead atoms. The lowest BCUT2D eigenvalue weighted by atomic mass is 10.1. The Morgan fingerprint density at radius 1 is 1.41 bits per heavy atom. The topological polar surface area (TPSA) is 83.8 Å². The van der Waals surface area contributed by atoms with Crippen LogP contribution in [0.25, 0.3) is 0 Å². The number of carbonyl (C=O) groups excluding carboxylic acids is 2. The number of nitrogens with one attached hydrogen (secondary N) is 2. The van der Waals surface area contributed by atoms with Gasteiger partial charge in [-0.3, -0.25) is 14.5 Å². The summed E-state index contributed by atoms with van der Waals surface area (Å²) in [6.45, 7) is 8.29. The van der Waals surface area contributed by atoms with E-state index in [2.05, 4.69) is 29.4 Å². The minimum absolute atomic E-state index is 0.0246. The van der Waals surface area contributed by atoms with Crippen molar-refractivity contribution in [1.29, 1.82) is 0 Å². The van der Waals surface area contributed by atoms with E-state index < -0.39 is 6.04 Å². The van der Waals surface area contributed by atoms with E-state index in [4.69, 9.17) is 9.15 Å². The number of carbonyl (C=O) groups is 2. The van der Waals surface area contributed by atoms with Crippen molar-refractivity contribution in [3.8, 4) is 0 Å². The van der Waals surface area contributed by atoms with Crippen molar-refractivity contribution >= 4 is 23.6 Å². The number of rotatable bonds is 10. The maximum Gasteiger partial charge on any atom is 0.287 e. The number of hydrogen-bond donors (Lipinski definition) is 2. The van der Waals surface area contributed by atoms with Crippen LogP contribution < -0.4 is 10.6 Å². The first-order valence-electron chi connectivity index (χ1n) is 9.44. The van der Waals surface area contributed by atoms with Gasteiger partial charge in [0.1, 0.15) is 6.04 Å². The van der Waals surface area contributed by atoms with Gasteiger partial charge in [0.2, 0.25) is 5.91 Å². The third kappa shape index (κ3) is 7.56. The van der Waals surface area contributed by atoms with Crippen LogP contribution >= 0.6 is 11.8 Å². The summed E-state index contributed by atoms with van der Waals surface area (Å²) in [7, 11) is 0. The van der Waals surface area contributed by atoms with E-state index in [0.717, 1.165) is 25.4 Å². The van der Waals surface area contributed by atoms with Gasteiger partial charge in [-0.1, -0.05) is 13.8 Å². The highest BCUT2D eigenvalue weighted by atomic mass is 32.2. The molecular formula is C19H31N3O4S. The average molecular weight is 398 g/mol. The summed E-state index contributed by atoms with van der Waals surface area (Å²) < 4.78 is 10.9. The Morgan fingerprint density at radius 2 is 2.22 bits per heavy atom. The monoisotopic (exact) mass is 397 g/mol. The maximum atomic E-state index is 12.6. The van der Waals surface area contributed by atoms with Crippen molar-refractivity contribution in [2.24, 2.45) is 5.92 Å². The summed E-state index contributed by atoms with van der Waals surface area (Å²) in [6.07, 6.45) is 3.95. The molecule has 1 aromatic heterocycles. The van der Waals surface area contributed by atoms with Crippen LogP contribution in [0.15, 0.2) is 22.8 Å². The molecule has 1 aliphatic rings. The molecular weight excluding hydrogens is 366 g/mol. The molecule has 27 heavy (non-hydrogen) atoms. The van der Waals surface area contributed by atoms with Crippen LogP contribution in [0, 0.1) is 5.92 Å². The Kier molecular flexibility index (Phi) is 9.17. The van der Waals surface area contributed by atoms with Crippen molar-refractivity contribution in [3.63, 3.8) is 0 Å². The zero-order valence-electron chi connectivity index (χ0n) is 16.4. The fourth-order valence-electron chi connectivity index (χ4n) is 3.07. The van der Waals surface area contributed by atoms with Crippen molar-refractivity contribution in [2.75, 3.05) is 44.8 Å². The lowest BCUT2D eigenvalue weighted by Crippen LogP contribution is -2.52. The van der Waals surface area contributed by atoms with Gasteiger partial charge in [-0.15, -0.1) is 0 Å². The minimum atomic E-state index is -0.592. The largest absolute Gasteiger partial charge is 0.459 e. The fourth-order valence-corrected chi connectivity index (χ4v) is 3.54. The third-order valence-electron chi connectivity index (χ3n) is 4.33.